The Morgan fingerprint density at radius 2 is 1.60 bits per heavy atom. The quantitative estimate of drug-likeness (QED) is 0.0490. The second-order valence-corrected chi connectivity index (χ2v) is 18.9. The molecule has 65 heavy (non-hydrogen) atoms. The smallest absolute Gasteiger partial charge is 0.411 e. The highest BCUT2D eigenvalue weighted by atomic mass is 32.2. The molecule has 1 aromatic heterocycles. The summed E-state index contributed by atoms with van der Waals surface area (Å²) in [5, 5.41) is 6.10. The van der Waals surface area contributed by atoms with Crippen molar-refractivity contribution in [1.82, 2.24) is 19.9 Å². The molecule has 0 spiro atoms. The number of aromatic nitrogens is 1. The van der Waals surface area contributed by atoms with Gasteiger partial charge in [-0.25, -0.2) is 22.9 Å². The maximum atomic E-state index is 14.4. The molecule has 3 N–H and O–H groups in total. The van der Waals surface area contributed by atoms with Crippen LogP contribution in [0.4, 0.5) is 10.5 Å². The van der Waals surface area contributed by atoms with Gasteiger partial charge in [0.05, 0.1) is 37.7 Å². The van der Waals surface area contributed by atoms with Crippen LogP contribution in [0.15, 0.2) is 96.4 Å². The number of ether oxygens (including phenoxy) is 4. The number of hydrogen-bond donors (Lipinski definition) is 3. The molecule has 2 fully saturated rings. The van der Waals surface area contributed by atoms with Crippen LogP contribution in [-0.4, -0.2) is 92.1 Å². The summed E-state index contributed by atoms with van der Waals surface area (Å²) in [6.07, 6.45) is 4.06. The first-order chi connectivity index (χ1) is 31.0. The minimum Gasteiger partial charge on any atom is -0.497 e. The van der Waals surface area contributed by atoms with E-state index < -0.39 is 63.0 Å². The van der Waals surface area contributed by atoms with Crippen LogP contribution in [0.25, 0.3) is 22.2 Å². The summed E-state index contributed by atoms with van der Waals surface area (Å²) in [4.78, 5) is 72.2. The second kappa shape index (κ2) is 20.6. The number of benzene rings is 3. The van der Waals surface area contributed by atoms with Crippen molar-refractivity contribution >= 4 is 56.4 Å². The SMILES string of the molecule is C=C[C@@H]1C[C@]1(NC(=O)[C@@H]1C[C@@H](Oc2cc(-c3ccccc3)nc3cc(OC)ccc23)CN1C(=O)OC(C)(C)C)C(=O)NS(=O)(=O)c1ccccc1NC(=O)CCCCCCCC(=O)OC. The van der Waals surface area contributed by atoms with Crippen LogP contribution >= 0.6 is 0 Å². The van der Waals surface area contributed by atoms with E-state index in [4.69, 9.17) is 19.2 Å². The molecule has 2 aliphatic rings. The first-order valence-corrected chi connectivity index (χ1v) is 23.1. The number of unbranched alkanes of at least 4 members (excludes halogenated alkanes) is 4. The number of nitrogens with zero attached hydrogens (tertiary/aromatic N) is 2. The normalized spacial score (nSPS) is 19.2. The Kier molecular flexibility index (Phi) is 15.2. The van der Waals surface area contributed by atoms with Gasteiger partial charge in [0.25, 0.3) is 15.9 Å². The molecule has 3 aromatic carbocycles. The number of anilines is 1. The van der Waals surface area contributed by atoms with Gasteiger partial charge < -0.3 is 29.6 Å². The van der Waals surface area contributed by atoms with E-state index in [0.29, 0.717) is 47.4 Å². The molecule has 0 radical (unpaired) electrons. The molecular weight excluding hydrogens is 855 g/mol. The lowest BCUT2D eigenvalue weighted by Crippen LogP contribution is -2.56. The first kappa shape index (κ1) is 48.0. The lowest BCUT2D eigenvalue weighted by Gasteiger charge is -2.29. The number of amides is 4. The number of para-hydroxylation sites is 1. The van der Waals surface area contributed by atoms with Crippen LogP contribution in [0.2, 0.25) is 0 Å². The van der Waals surface area contributed by atoms with Gasteiger partial charge in [0.2, 0.25) is 11.8 Å². The van der Waals surface area contributed by atoms with Gasteiger partial charge in [-0.15, -0.1) is 6.58 Å². The van der Waals surface area contributed by atoms with Crippen LogP contribution < -0.4 is 24.8 Å². The number of carbonyl (C=O) groups excluding carboxylic acids is 5. The Labute approximate surface area is 379 Å². The van der Waals surface area contributed by atoms with Gasteiger partial charge in [-0.1, -0.05) is 67.8 Å². The van der Waals surface area contributed by atoms with Crippen molar-refractivity contribution in [2.75, 3.05) is 26.1 Å². The molecule has 2 heterocycles. The Bertz CT molecular complexity index is 2530. The van der Waals surface area contributed by atoms with Gasteiger partial charge in [-0.3, -0.25) is 24.1 Å². The lowest BCUT2D eigenvalue weighted by atomic mass is 10.1. The van der Waals surface area contributed by atoms with Crippen molar-refractivity contribution in [1.29, 1.82) is 0 Å². The van der Waals surface area contributed by atoms with Crippen molar-refractivity contribution < 1.29 is 51.3 Å². The molecule has 4 amide bonds. The van der Waals surface area contributed by atoms with Crippen molar-refractivity contribution in [3.05, 3.63) is 91.5 Å². The summed E-state index contributed by atoms with van der Waals surface area (Å²) < 4.78 is 52.3. The van der Waals surface area contributed by atoms with Gasteiger partial charge in [-0.05, 0) is 64.3 Å². The maximum absolute atomic E-state index is 14.4. The average molecular weight is 912 g/mol. The number of sulfonamides is 1. The Morgan fingerprint density at radius 1 is 0.908 bits per heavy atom. The predicted molar refractivity (Wildman–Crippen MR) is 243 cm³/mol. The van der Waals surface area contributed by atoms with Crippen LogP contribution in [0.3, 0.4) is 0 Å². The third-order valence-corrected chi connectivity index (χ3v) is 12.7. The summed E-state index contributed by atoms with van der Waals surface area (Å²) in [5.41, 5.74) is -0.575. The van der Waals surface area contributed by atoms with Crippen molar-refractivity contribution in [3.8, 4) is 22.8 Å². The first-order valence-electron chi connectivity index (χ1n) is 21.6. The van der Waals surface area contributed by atoms with Crippen LogP contribution in [0, 0.1) is 5.92 Å². The third kappa shape index (κ3) is 12.0. The molecule has 4 atom stereocenters. The number of methoxy groups -OCH3 is 2. The summed E-state index contributed by atoms with van der Waals surface area (Å²) in [6.45, 7) is 8.86. The molecule has 17 heteroatoms. The van der Waals surface area contributed by atoms with Gasteiger partial charge in [0.1, 0.15) is 39.7 Å². The van der Waals surface area contributed by atoms with Crippen LogP contribution in [-0.2, 0) is 38.7 Å². The van der Waals surface area contributed by atoms with Crippen LogP contribution in [0.1, 0.15) is 78.6 Å². The topological polar surface area (TPSA) is 209 Å². The Morgan fingerprint density at radius 3 is 2.28 bits per heavy atom. The Hall–Kier alpha value is -6.49. The molecule has 16 nitrogen and oxygen atoms in total. The number of pyridine rings is 1. The maximum Gasteiger partial charge on any atom is 0.411 e. The third-order valence-electron chi connectivity index (χ3n) is 11.3. The average Bonchev–Trinajstić information content (AvgIpc) is 3.83. The predicted octanol–water partition coefficient (Wildman–Crippen LogP) is 7.08. The molecule has 1 saturated carbocycles. The van der Waals surface area contributed by atoms with E-state index in [1.165, 1.54) is 36.3 Å². The second-order valence-electron chi connectivity index (χ2n) is 17.2. The summed E-state index contributed by atoms with van der Waals surface area (Å²) in [6, 6.07) is 21.3. The zero-order chi connectivity index (χ0) is 46.9. The lowest BCUT2D eigenvalue weighted by molar-refractivity contribution is -0.140. The highest BCUT2D eigenvalue weighted by Gasteiger charge is 2.61. The van der Waals surface area contributed by atoms with Gasteiger partial charge in [-0.2, -0.15) is 0 Å². The van der Waals surface area contributed by atoms with E-state index in [0.717, 1.165) is 24.8 Å². The summed E-state index contributed by atoms with van der Waals surface area (Å²) in [7, 11) is -1.69. The highest BCUT2D eigenvalue weighted by Crippen LogP contribution is 2.45. The van der Waals surface area contributed by atoms with E-state index in [1.54, 1.807) is 52.1 Å². The molecule has 0 unspecified atom stereocenters. The van der Waals surface area contributed by atoms with E-state index in [1.807, 2.05) is 36.4 Å². The monoisotopic (exact) mass is 911 g/mol. The number of rotatable bonds is 19. The molecule has 1 aliphatic carbocycles. The molecule has 4 aromatic rings. The zero-order valence-corrected chi connectivity index (χ0v) is 38.2. The van der Waals surface area contributed by atoms with Gasteiger partial charge in [0, 0.05) is 48.3 Å². The minimum absolute atomic E-state index is 0.00292. The van der Waals surface area contributed by atoms with Gasteiger partial charge in [0.15, 0.2) is 0 Å². The molecule has 6 rings (SSSR count). The summed E-state index contributed by atoms with van der Waals surface area (Å²) >= 11 is 0. The largest absolute Gasteiger partial charge is 0.497 e. The van der Waals surface area contributed by atoms with Gasteiger partial charge >= 0.3 is 12.1 Å². The molecule has 1 aliphatic heterocycles. The molecular formula is C48H57N5O11S. The molecule has 1 saturated heterocycles. The fourth-order valence-corrected chi connectivity index (χ4v) is 9.00. The number of carbonyl (C=O) groups is 5. The molecule has 0 bridgehead atoms. The number of fused-ring (bicyclic) bond motifs is 1. The van der Waals surface area contributed by atoms with E-state index in [9.17, 15) is 32.4 Å². The zero-order valence-electron chi connectivity index (χ0n) is 37.4. The van der Waals surface area contributed by atoms with Crippen LogP contribution in [0.5, 0.6) is 11.5 Å². The number of esters is 1. The number of nitrogens with one attached hydrogen (secondary N) is 3. The number of hydrogen-bond acceptors (Lipinski definition) is 12. The molecule has 346 valence electrons. The minimum atomic E-state index is -4.60. The van der Waals surface area contributed by atoms with E-state index in [2.05, 4.69) is 26.7 Å². The standard InChI is InChI=1S/C48H57N5O11S/c1-7-32-29-48(32,45(57)52-65(59,60)41-21-17-16-20-36(41)50-42(54)22-14-9-8-10-15-23-43(55)62-6)51-44(56)39-27-34(30-53(39)46(58)64-47(2,3)4)63-40-28-37(31-18-12-11-13-19-31)49-38-26-33(61-5)24-25-35(38)40/h7,11-13,16-21,24-26,28,32,34,39H,1,8-10,14-15,22-23,27,29-30H2,2-6H3,(H,50,54)(H,51,56)(H,52,57)/t32-,34-,39+,48-/m1/s1. The van der Waals surface area contributed by atoms with E-state index in [-0.39, 0.29) is 42.4 Å². The fourth-order valence-electron chi connectivity index (χ4n) is 7.80. The summed E-state index contributed by atoms with van der Waals surface area (Å²) in [5.74, 6) is -1.99. The Balaban J connectivity index is 1.17. The fraction of sp³-hybridized carbons (Fsp3) is 0.417. The van der Waals surface area contributed by atoms with Crippen molar-refractivity contribution in [2.45, 2.75) is 107 Å². The van der Waals surface area contributed by atoms with Crippen molar-refractivity contribution in [3.63, 3.8) is 0 Å². The van der Waals surface area contributed by atoms with Crippen molar-refractivity contribution in [2.24, 2.45) is 5.92 Å². The number of likely N-dealkylation sites (tertiary alicyclic amines) is 1. The van der Waals surface area contributed by atoms with E-state index >= 15 is 0 Å². The highest BCUT2D eigenvalue weighted by molar-refractivity contribution is 7.90.